The van der Waals surface area contributed by atoms with Gasteiger partial charge in [-0.3, -0.25) is 14.9 Å². The van der Waals surface area contributed by atoms with E-state index in [-0.39, 0.29) is 18.0 Å². The molecule has 0 saturated heterocycles. The van der Waals surface area contributed by atoms with Crippen LogP contribution >= 0.6 is 0 Å². The number of methoxy groups -OCH3 is 3. The molecule has 0 aliphatic rings. The molecule has 0 fully saturated rings. The van der Waals surface area contributed by atoms with Gasteiger partial charge in [0, 0.05) is 30.9 Å². The maximum Gasteiger partial charge on any atom is 0.269 e. The highest BCUT2D eigenvalue weighted by molar-refractivity contribution is 5.79. The van der Waals surface area contributed by atoms with E-state index < -0.39 is 4.92 Å². The number of amides is 1. The Kier molecular flexibility index (Phi) is 7.44. The van der Waals surface area contributed by atoms with Crippen molar-refractivity contribution in [3.8, 4) is 17.2 Å². The second-order valence-electron chi connectivity index (χ2n) is 5.79. The summed E-state index contributed by atoms with van der Waals surface area (Å²) in [5.74, 6) is 1.30. The third-order valence-corrected chi connectivity index (χ3v) is 3.94. The number of non-ortho nitro benzene ring substituents is 1. The number of hydrogen-bond acceptors (Lipinski definition) is 7. The number of nitro groups is 1. The molecule has 9 heteroatoms. The molecule has 0 bridgehead atoms. The highest BCUT2D eigenvalue weighted by atomic mass is 16.6. The molecule has 2 N–H and O–H groups in total. The molecule has 0 heterocycles. The van der Waals surface area contributed by atoms with E-state index in [2.05, 4.69) is 10.6 Å². The summed E-state index contributed by atoms with van der Waals surface area (Å²) in [6.07, 6.45) is 0.161. The van der Waals surface area contributed by atoms with E-state index in [1.54, 1.807) is 24.3 Å². The van der Waals surface area contributed by atoms with Crippen molar-refractivity contribution in [2.75, 3.05) is 39.7 Å². The summed E-state index contributed by atoms with van der Waals surface area (Å²) in [5, 5.41) is 16.5. The lowest BCUT2D eigenvalue weighted by Crippen LogP contribution is -2.30. The lowest BCUT2D eigenvalue weighted by atomic mass is 10.1. The number of benzene rings is 2. The van der Waals surface area contributed by atoms with Gasteiger partial charge in [-0.1, -0.05) is 0 Å². The van der Waals surface area contributed by atoms with Crippen LogP contribution in [0.5, 0.6) is 17.2 Å². The largest absolute Gasteiger partial charge is 0.493 e. The van der Waals surface area contributed by atoms with Crippen molar-refractivity contribution in [1.29, 1.82) is 0 Å². The van der Waals surface area contributed by atoms with Gasteiger partial charge in [-0.15, -0.1) is 0 Å². The molecule has 0 saturated carbocycles. The van der Waals surface area contributed by atoms with Crippen molar-refractivity contribution >= 4 is 17.3 Å². The van der Waals surface area contributed by atoms with Gasteiger partial charge in [0.2, 0.25) is 11.7 Å². The molecular weight excluding hydrogens is 366 g/mol. The minimum atomic E-state index is -0.451. The summed E-state index contributed by atoms with van der Waals surface area (Å²) in [5.41, 5.74) is 1.50. The van der Waals surface area contributed by atoms with E-state index in [1.807, 2.05) is 0 Å². The van der Waals surface area contributed by atoms with Crippen molar-refractivity contribution in [3.05, 3.63) is 52.1 Å². The van der Waals surface area contributed by atoms with Crippen molar-refractivity contribution in [2.45, 2.75) is 6.42 Å². The maximum atomic E-state index is 12.2. The lowest BCUT2D eigenvalue weighted by molar-refractivity contribution is -0.384. The van der Waals surface area contributed by atoms with Gasteiger partial charge in [0.05, 0.1) is 32.7 Å². The molecule has 28 heavy (non-hydrogen) atoms. The molecule has 2 aromatic rings. The molecule has 0 aliphatic carbocycles. The van der Waals surface area contributed by atoms with Crippen LogP contribution in [0, 0.1) is 10.1 Å². The van der Waals surface area contributed by atoms with Crippen LogP contribution in [0.1, 0.15) is 5.56 Å². The van der Waals surface area contributed by atoms with Gasteiger partial charge in [-0.2, -0.15) is 0 Å². The van der Waals surface area contributed by atoms with Crippen LogP contribution in [-0.4, -0.2) is 45.2 Å². The molecule has 2 aromatic carbocycles. The Labute approximate surface area is 162 Å². The molecule has 0 aromatic heterocycles. The fraction of sp³-hybridized carbons (Fsp3) is 0.316. The van der Waals surface area contributed by atoms with Crippen LogP contribution in [0.25, 0.3) is 0 Å². The van der Waals surface area contributed by atoms with E-state index in [9.17, 15) is 14.9 Å². The number of anilines is 1. The Bertz CT molecular complexity index is 798. The van der Waals surface area contributed by atoms with Crippen LogP contribution in [0.3, 0.4) is 0 Å². The van der Waals surface area contributed by atoms with E-state index in [0.29, 0.717) is 30.3 Å². The smallest absolute Gasteiger partial charge is 0.269 e. The second-order valence-corrected chi connectivity index (χ2v) is 5.79. The summed E-state index contributed by atoms with van der Waals surface area (Å²) < 4.78 is 15.8. The van der Waals surface area contributed by atoms with E-state index >= 15 is 0 Å². The molecule has 150 valence electrons. The van der Waals surface area contributed by atoms with Gasteiger partial charge in [0.1, 0.15) is 0 Å². The predicted molar refractivity (Wildman–Crippen MR) is 104 cm³/mol. The van der Waals surface area contributed by atoms with E-state index in [0.717, 1.165) is 11.3 Å². The van der Waals surface area contributed by atoms with Gasteiger partial charge in [-0.25, -0.2) is 0 Å². The third kappa shape index (κ3) is 5.50. The van der Waals surface area contributed by atoms with Crippen molar-refractivity contribution in [2.24, 2.45) is 0 Å². The SMILES string of the molecule is COc1cc(CC(=O)NCCNc2ccc([N+](=O)[O-])cc2)cc(OC)c1OC. The van der Waals surface area contributed by atoms with Crippen LogP contribution in [0.2, 0.25) is 0 Å². The highest BCUT2D eigenvalue weighted by Crippen LogP contribution is 2.38. The zero-order valence-corrected chi connectivity index (χ0v) is 16.0. The molecule has 1 amide bonds. The van der Waals surface area contributed by atoms with E-state index in [4.69, 9.17) is 14.2 Å². The van der Waals surface area contributed by atoms with Crippen LogP contribution in [0.15, 0.2) is 36.4 Å². The summed E-state index contributed by atoms with van der Waals surface area (Å²) in [6, 6.07) is 9.55. The minimum absolute atomic E-state index is 0.0317. The highest BCUT2D eigenvalue weighted by Gasteiger charge is 2.14. The van der Waals surface area contributed by atoms with Crippen LogP contribution in [0.4, 0.5) is 11.4 Å². The molecule has 0 spiro atoms. The molecule has 0 atom stereocenters. The standard InChI is InChI=1S/C19H23N3O6/c1-26-16-10-13(11-17(27-2)19(16)28-3)12-18(23)21-9-8-20-14-4-6-15(7-5-14)22(24)25/h4-7,10-11,20H,8-9,12H2,1-3H3,(H,21,23). The minimum Gasteiger partial charge on any atom is -0.493 e. The Hall–Kier alpha value is -3.49. The van der Waals surface area contributed by atoms with Crippen LogP contribution in [-0.2, 0) is 11.2 Å². The van der Waals surface area contributed by atoms with Gasteiger partial charge < -0.3 is 24.8 Å². The molecule has 0 unspecified atom stereocenters. The first-order valence-electron chi connectivity index (χ1n) is 8.52. The normalized spacial score (nSPS) is 10.1. The third-order valence-electron chi connectivity index (χ3n) is 3.94. The average Bonchev–Trinajstić information content (AvgIpc) is 2.70. The lowest BCUT2D eigenvalue weighted by Gasteiger charge is -2.14. The number of rotatable bonds is 10. The predicted octanol–water partition coefficient (Wildman–Crippen LogP) is 2.39. The van der Waals surface area contributed by atoms with Gasteiger partial charge >= 0.3 is 0 Å². The number of nitrogens with one attached hydrogen (secondary N) is 2. The Morgan fingerprint density at radius 1 is 1.00 bits per heavy atom. The van der Waals surface area contributed by atoms with E-state index in [1.165, 1.54) is 33.5 Å². The monoisotopic (exact) mass is 389 g/mol. The summed E-state index contributed by atoms with van der Waals surface area (Å²) in [7, 11) is 4.56. The Balaban J connectivity index is 1.84. The molecule has 2 rings (SSSR count). The first-order valence-corrected chi connectivity index (χ1v) is 8.52. The molecular formula is C19H23N3O6. The summed E-state index contributed by atoms with van der Waals surface area (Å²) >= 11 is 0. The number of nitro benzene ring substituents is 1. The fourth-order valence-electron chi connectivity index (χ4n) is 2.60. The average molecular weight is 389 g/mol. The zero-order chi connectivity index (χ0) is 20.5. The van der Waals surface area contributed by atoms with Crippen molar-refractivity contribution in [3.63, 3.8) is 0 Å². The maximum absolute atomic E-state index is 12.2. The number of carbonyl (C=O) groups excluding carboxylic acids is 1. The van der Waals surface area contributed by atoms with Gasteiger partial charge in [-0.05, 0) is 29.8 Å². The molecule has 9 nitrogen and oxygen atoms in total. The Morgan fingerprint density at radius 2 is 1.61 bits per heavy atom. The Morgan fingerprint density at radius 3 is 2.11 bits per heavy atom. The molecule has 0 aliphatic heterocycles. The topological polar surface area (TPSA) is 112 Å². The van der Waals surface area contributed by atoms with Crippen molar-refractivity contribution in [1.82, 2.24) is 5.32 Å². The second kappa shape index (κ2) is 10.0. The van der Waals surface area contributed by atoms with Crippen molar-refractivity contribution < 1.29 is 23.9 Å². The summed E-state index contributed by atoms with van der Waals surface area (Å²) in [4.78, 5) is 22.3. The first-order chi connectivity index (χ1) is 13.5. The first kappa shape index (κ1) is 20.8. The number of carbonyl (C=O) groups is 1. The molecule has 0 radical (unpaired) electrons. The van der Waals surface area contributed by atoms with Gasteiger partial charge in [0.15, 0.2) is 11.5 Å². The number of ether oxygens (including phenoxy) is 3. The quantitative estimate of drug-likeness (QED) is 0.364. The fourth-order valence-corrected chi connectivity index (χ4v) is 2.60. The number of nitrogens with zero attached hydrogens (tertiary/aromatic N) is 1. The zero-order valence-electron chi connectivity index (χ0n) is 16.0. The number of hydrogen-bond donors (Lipinski definition) is 2. The van der Waals surface area contributed by atoms with Gasteiger partial charge in [0.25, 0.3) is 5.69 Å². The van der Waals surface area contributed by atoms with Crippen LogP contribution < -0.4 is 24.8 Å². The summed E-state index contributed by atoms with van der Waals surface area (Å²) in [6.45, 7) is 0.888.